The molecule has 0 spiro atoms. The molecule has 0 heterocycles. The maximum Gasteiger partial charge on any atom is 0.123 e. The van der Waals surface area contributed by atoms with Crippen LogP contribution in [0, 0.1) is 0 Å². The van der Waals surface area contributed by atoms with E-state index in [9.17, 15) is 15.3 Å². The van der Waals surface area contributed by atoms with Crippen molar-refractivity contribution in [2.45, 2.75) is 371 Å². The van der Waals surface area contributed by atoms with E-state index in [1.165, 1.54) is 168 Å². The predicted molar refractivity (Wildman–Crippen MR) is 370 cm³/mol. The highest BCUT2D eigenvalue weighted by Gasteiger charge is 2.33. The topological polar surface area (TPSA) is 60.7 Å². The standard InChI is InChI=1S/C81H132O3/c1-22-25-28-31-34-37-40-43-46-61-64(49-58-52-67(76(4,5)6)73(82)68(53-58)77(7,8)9)62(47-44-41-38-35-32-29-26-23-2)66(51-60-56-71(80(16,17)18)75(84)72(57-60)81(19,20)21)63(48-45-42-39-36-33-30-27-24-3)65(61)50-59-54-69(78(10,11)12)74(83)70(55-59)79(13,14)15/h52-57,82-84H,22-51H2,1-21H3. The zero-order valence-electron chi connectivity index (χ0n) is 59.0. The van der Waals surface area contributed by atoms with Gasteiger partial charge in [0.2, 0.25) is 0 Å². The van der Waals surface area contributed by atoms with Gasteiger partial charge in [-0.1, -0.05) is 317 Å². The minimum absolute atomic E-state index is 0.251. The molecule has 4 rings (SSSR count). The van der Waals surface area contributed by atoms with Gasteiger partial charge >= 0.3 is 0 Å². The second-order valence-electron chi connectivity index (χ2n) is 32.7. The van der Waals surface area contributed by atoms with Crippen molar-refractivity contribution in [3.63, 3.8) is 0 Å². The third-order valence-electron chi connectivity index (χ3n) is 18.5. The number of benzene rings is 4. The summed E-state index contributed by atoms with van der Waals surface area (Å²) in [7, 11) is 0. The zero-order chi connectivity index (χ0) is 62.8. The molecule has 0 aliphatic carbocycles. The Morgan fingerprint density at radius 2 is 0.381 bits per heavy atom. The molecule has 0 radical (unpaired) electrons. The molecule has 0 aromatic heterocycles. The van der Waals surface area contributed by atoms with E-state index in [0.29, 0.717) is 17.2 Å². The summed E-state index contributed by atoms with van der Waals surface area (Å²) in [5, 5.41) is 36.8. The quantitative estimate of drug-likeness (QED) is 0.0417. The van der Waals surface area contributed by atoms with Crippen molar-refractivity contribution in [3.05, 3.63) is 120 Å². The molecule has 3 N–H and O–H groups in total. The number of hydrogen-bond acceptors (Lipinski definition) is 3. The second-order valence-corrected chi connectivity index (χ2v) is 32.7. The number of unbranched alkanes of at least 4 members (excludes halogenated alkanes) is 21. The molecule has 0 bridgehead atoms. The Bertz CT molecular complexity index is 2210. The van der Waals surface area contributed by atoms with Gasteiger partial charge in [0.15, 0.2) is 0 Å². The highest BCUT2D eigenvalue weighted by Crippen LogP contribution is 2.46. The van der Waals surface area contributed by atoms with Gasteiger partial charge in [-0.25, -0.2) is 0 Å². The van der Waals surface area contributed by atoms with Crippen LogP contribution in [0.25, 0.3) is 0 Å². The maximum atomic E-state index is 12.3. The monoisotopic (exact) mass is 1150 g/mol. The average molecular weight is 1150 g/mol. The first-order chi connectivity index (χ1) is 39.2. The lowest BCUT2D eigenvalue weighted by Gasteiger charge is -2.32. The van der Waals surface area contributed by atoms with E-state index >= 15 is 0 Å². The first-order valence-electron chi connectivity index (χ1n) is 34.9. The van der Waals surface area contributed by atoms with Gasteiger partial charge in [-0.05, 0) is 174 Å². The molecule has 474 valence electrons. The van der Waals surface area contributed by atoms with Crippen molar-refractivity contribution in [2.24, 2.45) is 0 Å². The number of phenolic OH excluding ortho intramolecular Hbond substituents is 3. The third kappa shape index (κ3) is 21.8. The summed E-state index contributed by atoms with van der Waals surface area (Å²) < 4.78 is 0. The molecule has 84 heavy (non-hydrogen) atoms. The smallest absolute Gasteiger partial charge is 0.123 e. The third-order valence-corrected chi connectivity index (χ3v) is 18.5. The Hall–Kier alpha value is -3.72. The van der Waals surface area contributed by atoms with Crippen molar-refractivity contribution in [2.75, 3.05) is 0 Å². The molecular weight excluding hydrogens is 1020 g/mol. The van der Waals surface area contributed by atoms with Crippen LogP contribution in [0.5, 0.6) is 17.2 Å². The van der Waals surface area contributed by atoms with Gasteiger partial charge in [-0.3, -0.25) is 0 Å². The van der Waals surface area contributed by atoms with Gasteiger partial charge in [0.05, 0.1) is 0 Å². The summed E-state index contributed by atoms with van der Waals surface area (Å²) in [4.78, 5) is 0. The maximum absolute atomic E-state index is 12.3. The minimum atomic E-state index is -0.251. The summed E-state index contributed by atoms with van der Waals surface area (Å²) in [5.74, 6) is 1.35. The van der Waals surface area contributed by atoms with Crippen LogP contribution in [0.4, 0.5) is 0 Å². The van der Waals surface area contributed by atoms with E-state index in [4.69, 9.17) is 0 Å². The minimum Gasteiger partial charge on any atom is -0.507 e. The van der Waals surface area contributed by atoms with Crippen LogP contribution >= 0.6 is 0 Å². The van der Waals surface area contributed by atoms with Crippen molar-refractivity contribution in [3.8, 4) is 17.2 Å². The molecule has 3 heteroatoms. The fourth-order valence-corrected chi connectivity index (χ4v) is 13.4. The van der Waals surface area contributed by atoms with Gasteiger partial charge in [0.1, 0.15) is 17.2 Å². The van der Waals surface area contributed by atoms with Crippen molar-refractivity contribution in [1.29, 1.82) is 0 Å². The molecule has 0 atom stereocenters. The fourth-order valence-electron chi connectivity index (χ4n) is 13.4. The highest BCUT2D eigenvalue weighted by molar-refractivity contribution is 5.60. The van der Waals surface area contributed by atoms with Crippen LogP contribution in [0.3, 0.4) is 0 Å². The Kier molecular flexibility index (Phi) is 28.1. The average Bonchev–Trinajstić information content (AvgIpc) is 1.55. The summed E-state index contributed by atoms with van der Waals surface area (Å²) in [6, 6.07) is 14.3. The SMILES string of the molecule is CCCCCCCCCCc1c(Cc2cc(C(C)(C)C)c(O)c(C(C)(C)C)c2)c(CCCCCCCCCC)c(Cc2cc(C(C)(C)C)c(O)c(C(C)(C)C)c2)c(CCCCCCCCCC)c1Cc1cc(C(C)(C)C)c(O)c(C(C)(C)C)c1. The largest absolute Gasteiger partial charge is 0.507 e. The Morgan fingerprint density at radius 1 is 0.226 bits per heavy atom. The zero-order valence-corrected chi connectivity index (χ0v) is 59.0. The van der Waals surface area contributed by atoms with Crippen LogP contribution < -0.4 is 0 Å². The van der Waals surface area contributed by atoms with E-state index in [1.807, 2.05) is 0 Å². The molecule has 3 nitrogen and oxygen atoms in total. The van der Waals surface area contributed by atoms with E-state index in [-0.39, 0.29) is 32.5 Å². The molecule has 0 saturated heterocycles. The number of rotatable bonds is 33. The lowest BCUT2D eigenvalue weighted by atomic mass is 9.73. The van der Waals surface area contributed by atoms with E-state index in [2.05, 4.69) is 182 Å². The summed E-state index contributed by atoms with van der Waals surface area (Å²) in [5.41, 5.74) is 17.9. The normalized spacial score (nSPS) is 13.0. The van der Waals surface area contributed by atoms with Gasteiger partial charge in [-0.2, -0.15) is 0 Å². The van der Waals surface area contributed by atoms with Crippen LogP contribution in [-0.4, -0.2) is 15.3 Å². The second kappa shape index (κ2) is 32.5. The molecule has 0 saturated carbocycles. The Morgan fingerprint density at radius 3 is 0.536 bits per heavy atom. The molecule has 0 aliphatic rings. The number of aromatic hydroxyl groups is 3. The van der Waals surface area contributed by atoms with E-state index in [1.54, 1.807) is 16.7 Å². The molecule has 0 aliphatic heterocycles. The Balaban J connectivity index is 2.32. The van der Waals surface area contributed by atoms with Crippen molar-refractivity contribution >= 4 is 0 Å². The lowest BCUT2D eigenvalue weighted by Crippen LogP contribution is -2.20. The first kappa shape index (κ1) is 72.8. The highest BCUT2D eigenvalue weighted by atomic mass is 16.3. The predicted octanol–water partition coefficient (Wildman–Crippen LogP) is 24.4. The van der Waals surface area contributed by atoms with Crippen molar-refractivity contribution in [1.82, 2.24) is 0 Å². The fraction of sp³-hybridized carbons (Fsp3) is 0.704. The molecule has 0 unspecified atom stereocenters. The van der Waals surface area contributed by atoms with Crippen LogP contribution in [0.15, 0.2) is 36.4 Å². The van der Waals surface area contributed by atoms with E-state index in [0.717, 1.165) is 91.2 Å². The first-order valence-corrected chi connectivity index (χ1v) is 34.9. The number of hydrogen-bond donors (Lipinski definition) is 3. The number of phenols is 3. The van der Waals surface area contributed by atoms with Crippen LogP contribution in [-0.2, 0) is 71.0 Å². The molecular formula is C81H132O3. The van der Waals surface area contributed by atoms with Crippen molar-refractivity contribution < 1.29 is 15.3 Å². The van der Waals surface area contributed by atoms with Crippen LogP contribution in [0.1, 0.15) is 383 Å². The van der Waals surface area contributed by atoms with Gasteiger partial charge < -0.3 is 15.3 Å². The Labute approximate surface area is 520 Å². The molecule has 4 aromatic carbocycles. The van der Waals surface area contributed by atoms with Crippen LogP contribution in [0.2, 0.25) is 0 Å². The van der Waals surface area contributed by atoms with Gasteiger partial charge in [0.25, 0.3) is 0 Å². The molecule has 0 amide bonds. The lowest BCUT2D eigenvalue weighted by molar-refractivity contribution is 0.422. The molecule has 0 fully saturated rings. The van der Waals surface area contributed by atoms with Gasteiger partial charge in [-0.15, -0.1) is 0 Å². The van der Waals surface area contributed by atoms with Gasteiger partial charge in [0, 0.05) is 0 Å². The summed E-state index contributed by atoms with van der Waals surface area (Å²) in [6.45, 7) is 47.7. The summed E-state index contributed by atoms with van der Waals surface area (Å²) >= 11 is 0. The van der Waals surface area contributed by atoms with E-state index < -0.39 is 0 Å². The summed E-state index contributed by atoms with van der Waals surface area (Å²) in [6.07, 6.45) is 36.3. The molecule has 4 aromatic rings.